The average molecular weight is 242 g/mol. The van der Waals surface area contributed by atoms with Gasteiger partial charge in [0, 0.05) is 37.7 Å². The molecule has 0 amide bonds. The van der Waals surface area contributed by atoms with Crippen LogP contribution in [0.3, 0.4) is 0 Å². The zero-order chi connectivity index (χ0) is 12.4. The summed E-state index contributed by atoms with van der Waals surface area (Å²) in [6, 6.07) is 8.59. The Kier molecular flexibility index (Phi) is 3.02. The first-order valence-corrected chi connectivity index (χ1v) is 6.36. The minimum absolute atomic E-state index is 0.897. The molecule has 2 aromatic rings. The van der Waals surface area contributed by atoms with Crippen molar-refractivity contribution in [3.63, 3.8) is 0 Å². The fraction of sp³-hybridized carbons (Fsp3) is 0.357. The van der Waals surface area contributed by atoms with E-state index in [-0.39, 0.29) is 0 Å². The Morgan fingerprint density at radius 2 is 2.17 bits per heavy atom. The second kappa shape index (κ2) is 4.82. The van der Waals surface area contributed by atoms with Crippen molar-refractivity contribution in [2.45, 2.75) is 19.6 Å². The van der Waals surface area contributed by atoms with Crippen LogP contribution in [0.5, 0.6) is 0 Å². The maximum Gasteiger partial charge on any atom is 0.128 e. The smallest absolute Gasteiger partial charge is 0.128 e. The van der Waals surface area contributed by atoms with E-state index in [1.165, 1.54) is 11.3 Å². The van der Waals surface area contributed by atoms with Gasteiger partial charge in [-0.25, -0.2) is 4.98 Å². The van der Waals surface area contributed by atoms with E-state index in [2.05, 4.69) is 50.2 Å². The Labute approximate surface area is 107 Å². The molecule has 1 N–H and O–H groups in total. The SMILES string of the molecule is CNCc1ccccc1N1CCn2ccnc2C1. The zero-order valence-corrected chi connectivity index (χ0v) is 10.6. The lowest BCUT2D eigenvalue weighted by Gasteiger charge is -2.31. The number of benzene rings is 1. The minimum Gasteiger partial charge on any atom is -0.362 e. The van der Waals surface area contributed by atoms with Crippen molar-refractivity contribution >= 4 is 5.69 Å². The van der Waals surface area contributed by atoms with E-state index in [1.54, 1.807) is 0 Å². The quantitative estimate of drug-likeness (QED) is 0.888. The van der Waals surface area contributed by atoms with Crippen LogP contribution in [0.25, 0.3) is 0 Å². The van der Waals surface area contributed by atoms with Crippen LogP contribution in [0.15, 0.2) is 36.7 Å². The number of aromatic nitrogens is 2. The van der Waals surface area contributed by atoms with Crippen LogP contribution in [0.4, 0.5) is 5.69 Å². The summed E-state index contributed by atoms with van der Waals surface area (Å²) in [6.45, 7) is 3.86. The molecule has 2 heterocycles. The molecule has 0 atom stereocenters. The van der Waals surface area contributed by atoms with Crippen LogP contribution in [0.1, 0.15) is 11.4 Å². The van der Waals surface area contributed by atoms with E-state index in [0.29, 0.717) is 0 Å². The highest BCUT2D eigenvalue weighted by Crippen LogP contribution is 2.24. The summed E-state index contributed by atoms with van der Waals surface area (Å²) < 4.78 is 2.23. The first-order valence-electron chi connectivity index (χ1n) is 6.36. The Bertz CT molecular complexity index is 532. The van der Waals surface area contributed by atoms with Gasteiger partial charge in [-0.1, -0.05) is 18.2 Å². The van der Waals surface area contributed by atoms with Crippen LogP contribution in [-0.2, 0) is 19.6 Å². The number of hydrogen-bond donors (Lipinski definition) is 1. The second-order valence-electron chi connectivity index (χ2n) is 4.62. The Hall–Kier alpha value is -1.81. The summed E-state index contributed by atoms with van der Waals surface area (Å²) in [6.07, 6.45) is 3.95. The Morgan fingerprint density at radius 1 is 1.28 bits per heavy atom. The van der Waals surface area contributed by atoms with Gasteiger partial charge in [-0.15, -0.1) is 0 Å². The Balaban J connectivity index is 1.88. The van der Waals surface area contributed by atoms with Crippen LogP contribution in [0, 0.1) is 0 Å². The Morgan fingerprint density at radius 3 is 3.06 bits per heavy atom. The van der Waals surface area contributed by atoms with Crippen LogP contribution in [0.2, 0.25) is 0 Å². The highest BCUT2D eigenvalue weighted by molar-refractivity contribution is 5.54. The van der Waals surface area contributed by atoms with Gasteiger partial charge < -0.3 is 14.8 Å². The molecule has 3 rings (SSSR count). The summed E-state index contributed by atoms with van der Waals surface area (Å²) >= 11 is 0. The lowest BCUT2D eigenvalue weighted by atomic mass is 10.1. The average Bonchev–Trinajstić information content (AvgIpc) is 2.87. The van der Waals surface area contributed by atoms with Crippen molar-refractivity contribution in [3.8, 4) is 0 Å². The topological polar surface area (TPSA) is 33.1 Å². The van der Waals surface area contributed by atoms with Gasteiger partial charge in [0.1, 0.15) is 5.82 Å². The molecular formula is C14H18N4. The van der Waals surface area contributed by atoms with E-state index in [0.717, 1.165) is 32.0 Å². The second-order valence-corrected chi connectivity index (χ2v) is 4.62. The molecule has 0 saturated heterocycles. The molecule has 0 saturated carbocycles. The summed E-state index contributed by atoms with van der Waals surface area (Å²) in [7, 11) is 1.99. The normalized spacial score (nSPS) is 14.6. The monoisotopic (exact) mass is 242 g/mol. The van der Waals surface area contributed by atoms with Gasteiger partial charge in [-0.05, 0) is 18.7 Å². The molecule has 4 nitrogen and oxygen atoms in total. The molecule has 18 heavy (non-hydrogen) atoms. The van der Waals surface area contributed by atoms with Crippen molar-refractivity contribution in [3.05, 3.63) is 48.0 Å². The summed E-state index contributed by atoms with van der Waals surface area (Å²) in [4.78, 5) is 6.83. The molecule has 0 aliphatic carbocycles. The molecule has 1 aromatic heterocycles. The maximum absolute atomic E-state index is 4.41. The van der Waals surface area contributed by atoms with E-state index in [1.807, 2.05) is 13.2 Å². The predicted octanol–water partition coefficient (Wildman–Crippen LogP) is 1.62. The van der Waals surface area contributed by atoms with Gasteiger partial charge in [-0.2, -0.15) is 0 Å². The molecule has 1 aromatic carbocycles. The molecule has 0 bridgehead atoms. The maximum atomic E-state index is 4.41. The minimum atomic E-state index is 0.897. The van der Waals surface area contributed by atoms with Crippen molar-refractivity contribution in [1.82, 2.24) is 14.9 Å². The van der Waals surface area contributed by atoms with E-state index in [9.17, 15) is 0 Å². The number of anilines is 1. The molecule has 0 radical (unpaired) electrons. The summed E-state index contributed by atoms with van der Waals surface area (Å²) in [5.41, 5.74) is 2.67. The van der Waals surface area contributed by atoms with Crippen molar-refractivity contribution in [2.75, 3.05) is 18.5 Å². The van der Waals surface area contributed by atoms with Gasteiger partial charge >= 0.3 is 0 Å². The highest BCUT2D eigenvalue weighted by atomic mass is 15.2. The first kappa shape index (κ1) is 11.3. The third kappa shape index (κ3) is 1.99. The summed E-state index contributed by atoms with van der Waals surface area (Å²) in [5, 5.41) is 3.23. The van der Waals surface area contributed by atoms with Gasteiger partial charge in [0.15, 0.2) is 0 Å². The van der Waals surface area contributed by atoms with Crippen LogP contribution < -0.4 is 10.2 Å². The van der Waals surface area contributed by atoms with E-state index in [4.69, 9.17) is 0 Å². The fourth-order valence-electron chi connectivity index (χ4n) is 2.54. The lowest BCUT2D eigenvalue weighted by Crippen LogP contribution is -2.34. The third-order valence-electron chi connectivity index (χ3n) is 3.44. The number of nitrogens with zero attached hydrogens (tertiary/aromatic N) is 3. The predicted molar refractivity (Wildman–Crippen MR) is 72.5 cm³/mol. The van der Waals surface area contributed by atoms with Crippen molar-refractivity contribution < 1.29 is 0 Å². The van der Waals surface area contributed by atoms with Gasteiger partial charge in [0.05, 0.1) is 6.54 Å². The van der Waals surface area contributed by atoms with Gasteiger partial charge in [0.25, 0.3) is 0 Å². The van der Waals surface area contributed by atoms with Gasteiger partial charge in [0.2, 0.25) is 0 Å². The molecule has 94 valence electrons. The summed E-state index contributed by atoms with van der Waals surface area (Å²) in [5.74, 6) is 1.15. The molecule has 0 unspecified atom stereocenters. The number of imidazole rings is 1. The first-order chi connectivity index (χ1) is 8.88. The van der Waals surface area contributed by atoms with Crippen LogP contribution >= 0.6 is 0 Å². The number of hydrogen-bond acceptors (Lipinski definition) is 3. The molecular weight excluding hydrogens is 224 g/mol. The van der Waals surface area contributed by atoms with Crippen molar-refractivity contribution in [1.29, 1.82) is 0 Å². The molecule has 1 aliphatic heterocycles. The molecule has 0 fully saturated rings. The van der Waals surface area contributed by atoms with E-state index < -0.39 is 0 Å². The standard InChI is InChI=1S/C14H18N4/c1-15-10-12-4-2-3-5-13(12)18-9-8-17-7-6-16-14(17)11-18/h2-7,15H,8-11H2,1H3. The number of nitrogens with one attached hydrogen (secondary N) is 1. The van der Waals surface area contributed by atoms with Crippen LogP contribution in [-0.4, -0.2) is 23.1 Å². The lowest BCUT2D eigenvalue weighted by molar-refractivity contribution is 0.558. The fourth-order valence-corrected chi connectivity index (χ4v) is 2.54. The molecule has 4 heteroatoms. The number of fused-ring (bicyclic) bond motifs is 1. The number of rotatable bonds is 3. The molecule has 0 spiro atoms. The zero-order valence-electron chi connectivity index (χ0n) is 10.6. The highest BCUT2D eigenvalue weighted by Gasteiger charge is 2.18. The van der Waals surface area contributed by atoms with E-state index >= 15 is 0 Å². The van der Waals surface area contributed by atoms with Gasteiger partial charge in [-0.3, -0.25) is 0 Å². The largest absolute Gasteiger partial charge is 0.362 e. The van der Waals surface area contributed by atoms with Crippen molar-refractivity contribution in [2.24, 2.45) is 0 Å². The third-order valence-corrected chi connectivity index (χ3v) is 3.44. The number of para-hydroxylation sites is 1. The molecule has 1 aliphatic rings.